The first-order valence-electron chi connectivity index (χ1n) is 9.08. The van der Waals surface area contributed by atoms with Gasteiger partial charge in [0.1, 0.15) is 5.75 Å². The molecule has 1 aliphatic rings. The van der Waals surface area contributed by atoms with Gasteiger partial charge in [-0.15, -0.1) is 0 Å². The van der Waals surface area contributed by atoms with Crippen molar-refractivity contribution in [2.75, 3.05) is 40.0 Å². The lowest BCUT2D eigenvalue weighted by molar-refractivity contribution is 0.0332. The normalized spacial score (nSPS) is 16.0. The number of rotatable bonds is 6. The summed E-state index contributed by atoms with van der Waals surface area (Å²) in [5.74, 6) is 0.604. The zero-order chi connectivity index (χ0) is 19.2. The molecule has 1 amide bonds. The molecule has 0 aliphatic carbocycles. The number of carbonyl (C=O) groups is 1. The Morgan fingerprint density at radius 2 is 1.93 bits per heavy atom. The number of hydrogen-bond acceptors (Lipinski definition) is 4. The van der Waals surface area contributed by atoms with Gasteiger partial charge in [0.05, 0.1) is 30.8 Å². The van der Waals surface area contributed by atoms with E-state index in [1.165, 1.54) is 5.56 Å². The van der Waals surface area contributed by atoms with Crippen molar-refractivity contribution < 1.29 is 14.3 Å². The van der Waals surface area contributed by atoms with Crippen LogP contribution in [-0.2, 0) is 4.74 Å². The molecule has 0 aromatic heterocycles. The van der Waals surface area contributed by atoms with Gasteiger partial charge in [-0.3, -0.25) is 9.69 Å². The predicted molar refractivity (Wildman–Crippen MR) is 109 cm³/mol. The number of nitrogens with one attached hydrogen (secondary N) is 1. The highest BCUT2D eigenvalue weighted by Crippen LogP contribution is 2.26. The highest BCUT2D eigenvalue weighted by atomic mass is 79.9. The molecule has 3 rings (SSSR count). The number of nitrogens with zero attached hydrogens (tertiary/aromatic N) is 1. The monoisotopic (exact) mass is 432 g/mol. The summed E-state index contributed by atoms with van der Waals surface area (Å²) < 4.78 is 11.4. The van der Waals surface area contributed by atoms with Crippen molar-refractivity contribution in [2.45, 2.75) is 13.0 Å². The number of morpholine rings is 1. The zero-order valence-corrected chi connectivity index (χ0v) is 17.3. The fourth-order valence-corrected chi connectivity index (χ4v) is 3.66. The average molecular weight is 433 g/mol. The number of hydrogen-bond donors (Lipinski definition) is 1. The summed E-state index contributed by atoms with van der Waals surface area (Å²) in [5.41, 5.74) is 2.91. The van der Waals surface area contributed by atoms with Crippen LogP contribution in [0.4, 0.5) is 0 Å². The summed E-state index contributed by atoms with van der Waals surface area (Å²) in [7, 11) is 1.61. The van der Waals surface area contributed by atoms with Gasteiger partial charge in [0.25, 0.3) is 5.91 Å². The first-order valence-corrected chi connectivity index (χ1v) is 9.87. The molecular weight excluding hydrogens is 408 g/mol. The number of amides is 1. The number of aryl methyl sites for hydroxylation is 1. The molecule has 2 aromatic rings. The van der Waals surface area contributed by atoms with E-state index in [4.69, 9.17) is 9.47 Å². The van der Waals surface area contributed by atoms with Crippen LogP contribution < -0.4 is 10.1 Å². The summed E-state index contributed by atoms with van der Waals surface area (Å²) in [6.45, 7) is 6.06. The molecule has 144 valence electrons. The Labute approximate surface area is 168 Å². The van der Waals surface area contributed by atoms with Crippen LogP contribution in [0.25, 0.3) is 0 Å². The molecule has 1 N–H and O–H groups in total. The number of benzene rings is 2. The third-order valence-corrected chi connectivity index (χ3v) is 5.36. The summed E-state index contributed by atoms with van der Waals surface area (Å²) in [6.07, 6.45) is 0. The minimum Gasteiger partial charge on any atom is -0.496 e. The Morgan fingerprint density at radius 3 is 2.56 bits per heavy atom. The van der Waals surface area contributed by atoms with Gasteiger partial charge in [-0.2, -0.15) is 0 Å². The first-order chi connectivity index (χ1) is 13.1. The van der Waals surface area contributed by atoms with E-state index >= 15 is 0 Å². The van der Waals surface area contributed by atoms with Gasteiger partial charge in [0, 0.05) is 25.2 Å². The lowest BCUT2D eigenvalue weighted by atomic mass is 10.0. The molecule has 1 aliphatic heterocycles. The van der Waals surface area contributed by atoms with Gasteiger partial charge in [-0.25, -0.2) is 0 Å². The summed E-state index contributed by atoms with van der Waals surface area (Å²) >= 11 is 3.45. The van der Waals surface area contributed by atoms with Crippen LogP contribution in [0.3, 0.4) is 0 Å². The molecule has 5 nitrogen and oxygen atoms in total. The maximum atomic E-state index is 12.9. The Bertz CT molecular complexity index is 773. The maximum Gasteiger partial charge on any atom is 0.251 e. The second kappa shape index (κ2) is 9.35. The topological polar surface area (TPSA) is 50.8 Å². The van der Waals surface area contributed by atoms with E-state index in [-0.39, 0.29) is 11.9 Å². The van der Waals surface area contributed by atoms with Crippen LogP contribution in [0.2, 0.25) is 0 Å². The molecule has 1 atom stereocenters. The highest BCUT2D eigenvalue weighted by Gasteiger charge is 2.21. The second-order valence-corrected chi connectivity index (χ2v) is 7.55. The number of carbonyl (C=O) groups excluding carboxylic acids is 1. The van der Waals surface area contributed by atoms with Crippen LogP contribution in [0.15, 0.2) is 46.9 Å². The van der Waals surface area contributed by atoms with Crippen molar-refractivity contribution in [3.8, 4) is 5.75 Å². The van der Waals surface area contributed by atoms with Gasteiger partial charge >= 0.3 is 0 Å². The summed E-state index contributed by atoms with van der Waals surface area (Å²) in [5, 5.41) is 3.20. The van der Waals surface area contributed by atoms with Crippen molar-refractivity contribution in [2.24, 2.45) is 0 Å². The van der Waals surface area contributed by atoms with Crippen LogP contribution in [0.1, 0.15) is 27.5 Å². The van der Waals surface area contributed by atoms with Crippen molar-refractivity contribution in [1.29, 1.82) is 0 Å². The van der Waals surface area contributed by atoms with Crippen LogP contribution in [0, 0.1) is 6.92 Å². The molecular formula is C21H25BrN2O3. The number of methoxy groups -OCH3 is 1. The Hall–Kier alpha value is -1.89. The molecule has 1 saturated heterocycles. The van der Waals surface area contributed by atoms with E-state index in [0.29, 0.717) is 11.3 Å². The smallest absolute Gasteiger partial charge is 0.251 e. The third kappa shape index (κ3) is 5.31. The lowest BCUT2D eigenvalue weighted by Gasteiger charge is -2.31. The van der Waals surface area contributed by atoms with E-state index in [0.717, 1.165) is 42.9 Å². The molecule has 6 heteroatoms. The SMILES string of the molecule is COc1ccc(C(=O)N[C@H](CN2CCOCC2)c2ccc(C)cc2)cc1Br. The molecule has 0 unspecified atom stereocenters. The maximum absolute atomic E-state index is 12.9. The van der Waals surface area contributed by atoms with Gasteiger partial charge in [0.2, 0.25) is 0 Å². The number of halogens is 1. The fraction of sp³-hybridized carbons (Fsp3) is 0.381. The van der Waals surface area contributed by atoms with Crippen LogP contribution >= 0.6 is 15.9 Å². The Balaban J connectivity index is 1.78. The molecule has 2 aromatic carbocycles. The van der Waals surface area contributed by atoms with Crippen molar-refractivity contribution in [1.82, 2.24) is 10.2 Å². The molecule has 1 fully saturated rings. The molecule has 0 bridgehead atoms. The predicted octanol–water partition coefficient (Wildman–Crippen LogP) is 3.57. The molecule has 27 heavy (non-hydrogen) atoms. The Kier molecular flexibility index (Phi) is 6.88. The van der Waals surface area contributed by atoms with Gasteiger partial charge in [0.15, 0.2) is 0 Å². The highest BCUT2D eigenvalue weighted by molar-refractivity contribution is 9.10. The first kappa shape index (κ1) is 19.9. The largest absolute Gasteiger partial charge is 0.496 e. The molecule has 0 saturated carbocycles. The number of ether oxygens (including phenoxy) is 2. The van der Waals surface area contributed by atoms with Crippen molar-refractivity contribution in [3.05, 3.63) is 63.6 Å². The zero-order valence-electron chi connectivity index (χ0n) is 15.7. The quantitative estimate of drug-likeness (QED) is 0.757. The summed E-state index contributed by atoms with van der Waals surface area (Å²) in [6, 6.07) is 13.6. The van der Waals surface area contributed by atoms with E-state index in [2.05, 4.69) is 57.3 Å². The molecule has 0 radical (unpaired) electrons. The summed E-state index contributed by atoms with van der Waals surface area (Å²) in [4.78, 5) is 15.2. The molecule has 0 spiro atoms. The average Bonchev–Trinajstić information content (AvgIpc) is 2.68. The van der Waals surface area contributed by atoms with Gasteiger partial charge in [-0.05, 0) is 46.6 Å². The second-order valence-electron chi connectivity index (χ2n) is 6.70. The third-order valence-electron chi connectivity index (χ3n) is 4.74. The van der Waals surface area contributed by atoms with Gasteiger partial charge < -0.3 is 14.8 Å². The van der Waals surface area contributed by atoms with Crippen molar-refractivity contribution in [3.63, 3.8) is 0 Å². The fourth-order valence-electron chi connectivity index (χ4n) is 3.12. The van der Waals surface area contributed by atoms with E-state index in [1.807, 2.05) is 0 Å². The molecule has 1 heterocycles. The van der Waals surface area contributed by atoms with E-state index in [1.54, 1.807) is 25.3 Å². The van der Waals surface area contributed by atoms with Crippen LogP contribution in [0.5, 0.6) is 5.75 Å². The lowest BCUT2D eigenvalue weighted by Crippen LogP contribution is -2.43. The minimum absolute atomic E-state index is 0.0860. The Morgan fingerprint density at radius 1 is 1.22 bits per heavy atom. The standard InChI is InChI=1S/C21H25BrN2O3/c1-15-3-5-16(6-4-15)19(14-24-9-11-27-12-10-24)23-21(25)17-7-8-20(26-2)18(22)13-17/h3-8,13,19H,9-12,14H2,1-2H3,(H,23,25)/t19-/m1/s1. The van der Waals surface area contributed by atoms with Crippen molar-refractivity contribution >= 4 is 21.8 Å². The minimum atomic E-state index is -0.0998. The van der Waals surface area contributed by atoms with E-state index in [9.17, 15) is 4.79 Å². The van der Waals surface area contributed by atoms with E-state index < -0.39 is 0 Å². The van der Waals surface area contributed by atoms with Crippen LogP contribution in [-0.4, -0.2) is 50.8 Å². The van der Waals surface area contributed by atoms with Gasteiger partial charge in [-0.1, -0.05) is 29.8 Å².